The second-order valence-electron chi connectivity index (χ2n) is 3.39. The predicted molar refractivity (Wildman–Crippen MR) is 57.9 cm³/mol. The number of nitrogens with zero attached hydrogens (tertiary/aromatic N) is 1. The second-order valence-corrected chi connectivity index (χ2v) is 4.25. The van der Waals surface area contributed by atoms with Crippen molar-refractivity contribution in [3.05, 3.63) is 40.7 Å². The summed E-state index contributed by atoms with van der Waals surface area (Å²) in [7, 11) is 0. The van der Waals surface area contributed by atoms with Crippen LogP contribution in [0.3, 0.4) is 0 Å². The lowest BCUT2D eigenvalue weighted by Gasteiger charge is -2.08. The molecular weight excluding hydrogens is 270 g/mol. The van der Waals surface area contributed by atoms with Gasteiger partial charge in [-0.05, 0) is 18.2 Å². The normalized spacial score (nSPS) is 11.6. The van der Waals surface area contributed by atoms with E-state index in [1.165, 1.54) is 5.38 Å². The third-order valence-electron chi connectivity index (χ3n) is 2.17. The van der Waals surface area contributed by atoms with Crippen LogP contribution in [0, 0.1) is 5.82 Å². The Bertz CT molecular complexity index is 591. The monoisotopic (exact) mass is 275 g/mol. The Morgan fingerprint density at radius 2 is 2.00 bits per heavy atom. The molecule has 0 fully saturated rings. The van der Waals surface area contributed by atoms with Crippen molar-refractivity contribution in [2.24, 2.45) is 0 Å². The first-order valence-corrected chi connectivity index (χ1v) is 5.57. The Kier molecular flexibility index (Phi) is 3.16. The van der Waals surface area contributed by atoms with Crippen LogP contribution in [0.5, 0.6) is 0 Å². The Hall–Kier alpha value is -1.76. The molecule has 0 bridgehead atoms. The zero-order valence-corrected chi connectivity index (χ0v) is 9.48. The number of aromatic nitrogens is 1. The maximum Gasteiger partial charge on any atom is 0.416 e. The summed E-state index contributed by atoms with van der Waals surface area (Å²) in [5.41, 5.74) is -1.16. The van der Waals surface area contributed by atoms with Gasteiger partial charge in [-0.15, -0.1) is 11.3 Å². The molecule has 0 radical (unpaired) electrons. The van der Waals surface area contributed by atoms with E-state index in [1.807, 2.05) is 0 Å². The number of hydrogen-bond acceptors (Lipinski definition) is 3. The number of rotatable bonds is 2. The average molecular weight is 275 g/mol. The summed E-state index contributed by atoms with van der Waals surface area (Å²) in [6.07, 6.45) is -4.10. The van der Waals surface area contributed by atoms with Gasteiger partial charge >= 0.3 is 6.18 Å². The van der Waals surface area contributed by atoms with Gasteiger partial charge in [-0.3, -0.25) is 4.79 Å². The Labute approximate surface area is 103 Å². The molecule has 0 unspecified atom stereocenters. The number of thiazole rings is 1. The lowest BCUT2D eigenvalue weighted by Crippen LogP contribution is -2.05. The van der Waals surface area contributed by atoms with E-state index in [9.17, 15) is 22.4 Å². The molecule has 0 aliphatic carbocycles. The van der Waals surface area contributed by atoms with Crippen LogP contribution in [-0.4, -0.2) is 11.3 Å². The van der Waals surface area contributed by atoms with Crippen LogP contribution in [0.25, 0.3) is 10.6 Å². The van der Waals surface area contributed by atoms with Crippen molar-refractivity contribution in [2.45, 2.75) is 6.18 Å². The summed E-state index contributed by atoms with van der Waals surface area (Å²) in [5.74, 6) is -0.810. The Morgan fingerprint density at radius 3 is 2.56 bits per heavy atom. The molecule has 2 nitrogen and oxygen atoms in total. The molecule has 0 N–H and O–H groups in total. The molecule has 18 heavy (non-hydrogen) atoms. The molecular formula is C11H5F4NOS. The van der Waals surface area contributed by atoms with Gasteiger partial charge in [-0.2, -0.15) is 13.2 Å². The van der Waals surface area contributed by atoms with E-state index < -0.39 is 17.6 Å². The largest absolute Gasteiger partial charge is 0.416 e. The van der Waals surface area contributed by atoms with E-state index in [0.29, 0.717) is 18.4 Å². The van der Waals surface area contributed by atoms with Crippen molar-refractivity contribution in [1.82, 2.24) is 4.98 Å². The van der Waals surface area contributed by atoms with E-state index in [-0.39, 0.29) is 16.3 Å². The highest BCUT2D eigenvalue weighted by Crippen LogP contribution is 2.34. The van der Waals surface area contributed by atoms with Crippen LogP contribution in [0.4, 0.5) is 17.6 Å². The molecule has 2 rings (SSSR count). The topological polar surface area (TPSA) is 30.0 Å². The summed E-state index contributed by atoms with van der Waals surface area (Å²) >= 11 is 0.911. The third-order valence-corrected chi connectivity index (χ3v) is 3.06. The lowest BCUT2D eigenvalue weighted by molar-refractivity contribution is -0.137. The number of aldehydes is 1. The van der Waals surface area contributed by atoms with Crippen LogP contribution in [-0.2, 0) is 6.18 Å². The molecule has 0 saturated carbocycles. The van der Waals surface area contributed by atoms with E-state index in [0.717, 1.165) is 17.4 Å². The van der Waals surface area contributed by atoms with Crippen molar-refractivity contribution in [2.75, 3.05) is 0 Å². The molecule has 0 saturated heterocycles. The zero-order chi connectivity index (χ0) is 13.3. The molecule has 1 aromatic carbocycles. The lowest BCUT2D eigenvalue weighted by atomic mass is 10.1. The first-order chi connectivity index (χ1) is 8.41. The average Bonchev–Trinajstić information content (AvgIpc) is 2.76. The minimum absolute atomic E-state index is 0.0423. The van der Waals surface area contributed by atoms with Crippen molar-refractivity contribution < 1.29 is 22.4 Å². The summed E-state index contributed by atoms with van der Waals surface area (Å²) < 4.78 is 50.9. The number of carbonyl (C=O) groups is 1. The number of alkyl halides is 3. The molecule has 0 amide bonds. The Morgan fingerprint density at radius 1 is 1.28 bits per heavy atom. The van der Waals surface area contributed by atoms with Crippen molar-refractivity contribution in [1.29, 1.82) is 0 Å². The van der Waals surface area contributed by atoms with E-state index in [4.69, 9.17) is 0 Å². The Balaban J connectivity index is 2.52. The highest BCUT2D eigenvalue weighted by Gasteiger charge is 2.31. The van der Waals surface area contributed by atoms with Crippen molar-refractivity contribution in [3.8, 4) is 10.6 Å². The molecule has 2 aromatic rings. The van der Waals surface area contributed by atoms with Gasteiger partial charge in [0.05, 0.1) is 5.56 Å². The SMILES string of the molecule is O=Cc1csc(-c2cc(C(F)(F)F)ccc2F)n1. The fourth-order valence-corrected chi connectivity index (χ4v) is 2.11. The summed E-state index contributed by atoms with van der Waals surface area (Å²) in [6, 6.07) is 2.08. The number of carbonyl (C=O) groups excluding carboxylic acids is 1. The van der Waals surface area contributed by atoms with Gasteiger partial charge in [-0.25, -0.2) is 9.37 Å². The third kappa shape index (κ3) is 2.40. The van der Waals surface area contributed by atoms with Gasteiger partial charge in [0, 0.05) is 10.9 Å². The minimum atomic E-state index is -4.55. The van der Waals surface area contributed by atoms with Crippen LogP contribution in [0.15, 0.2) is 23.6 Å². The van der Waals surface area contributed by atoms with E-state index in [2.05, 4.69) is 4.98 Å². The fraction of sp³-hybridized carbons (Fsp3) is 0.0909. The summed E-state index contributed by atoms with van der Waals surface area (Å²) in [5, 5.41) is 1.39. The first kappa shape index (κ1) is 12.7. The maximum absolute atomic E-state index is 13.5. The molecule has 0 spiro atoms. The zero-order valence-electron chi connectivity index (χ0n) is 8.66. The highest BCUT2D eigenvalue weighted by atomic mass is 32.1. The quantitative estimate of drug-likeness (QED) is 0.616. The highest BCUT2D eigenvalue weighted by molar-refractivity contribution is 7.13. The van der Waals surface area contributed by atoms with E-state index >= 15 is 0 Å². The van der Waals surface area contributed by atoms with Crippen LogP contribution in [0.2, 0.25) is 0 Å². The number of halogens is 4. The van der Waals surface area contributed by atoms with Gasteiger partial charge in [0.15, 0.2) is 6.29 Å². The molecule has 0 atom stereocenters. The predicted octanol–water partition coefficient (Wildman–Crippen LogP) is 3.78. The minimum Gasteiger partial charge on any atom is -0.296 e. The van der Waals surface area contributed by atoms with Crippen molar-refractivity contribution in [3.63, 3.8) is 0 Å². The van der Waals surface area contributed by atoms with Gasteiger partial charge in [0.25, 0.3) is 0 Å². The summed E-state index contributed by atoms with van der Waals surface area (Å²) in [4.78, 5) is 14.2. The van der Waals surface area contributed by atoms with Gasteiger partial charge in [0.2, 0.25) is 0 Å². The molecule has 0 aliphatic heterocycles. The smallest absolute Gasteiger partial charge is 0.296 e. The molecule has 0 aliphatic rings. The number of hydrogen-bond donors (Lipinski definition) is 0. The van der Waals surface area contributed by atoms with Gasteiger partial charge in [-0.1, -0.05) is 0 Å². The fourth-order valence-electron chi connectivity index (χ4n) is 1.33. The number of benzene rings is 1. The van der Waals surface area contributed by atoms with Crippen LogP contribution >= 0.6 is 11.3 Å². The second kappa shape index (κ2) is 4.49. The van der Waals surface area contributed by atoms with Crippen molar-refractivity contribution >= 4 is 17.6 Å². The standard InChI is InChI=1S/C11H5F4NOS/c12-9-2-1-6(11(13,14)15)3-8(9)10-16-7(4-17)5-18-10/h1-5H. The van der Waals surface area contributed by atoms with Crippen LogP contribution < -0.4 is 0 Å². The molecule has 94 valence electrons. The van der Waals surface area contributed by atoms with Gasteiger partial charge < -0.3 is 0 Å². The first-order valence-electron chi connectivity index (χ1n) is 4.69. The molecule has 7 heteroatoms. The van der Waals surface area contributed by atoms with Gasteiger partial charge in [0.1, 0.15) is 16.5 Å². The maximum atomic E-state index is 13.5. The summed E-state index contributed by atoms with van der Waals surface area (Å²) in [6.45, 7) is 0. The molecule has 1 heterocycles. The van der Waals surface area contributed by atoms with Crippen LogP contribution in [0.1, 0.15) is 16.1 Å². The molecule has 1 aromatic heterocycles. The van der Waals surface area contributed by atoms with E-state index in [1.54, 1.807) is 0 Å².